The van der Waals surface area contributed by atoms with Crippen LogP contribution >= 0.6 is 0 Å². The first-order chi connectivity index (χ1) is 14.7. The number of piperazine rings is 1. The van der Waals surface area contributed by atoms with Gasteiger partial charge in [-0.25, -0.2) is 0 Å². The highest BCUT2D eigenvalue weighted by atomic mass is 16.5. The average Bonchev–Trinajstić information content (AvgIpc) is 3.27. The summed E-state index contributed by atoms with van der Waals surface area (Å²) < 4.78 is 10.9. The van der Waals surface area contributed by atoms with Crippen molar-refractivity contribution in [3.05, 3.63) is 54.1 Å². The van der Waals surface area contributed by atoms with E-state index >= 15 is 0 Å². The lowest BCUT2D eigenvalue weighted by Crippen LogP contribution is -2.51. The second kappa shape index (κ2) is 9.39. The highest BCUT2D eigenvalue weighted by molar-refractivity contribution is 5.78. The lowest BCUT2D eigenvalue weighted by atomic mass is 10.0. The van der Waals surface area contributed by atoms with E-state index in [9.17, 15) is 4.79 Å². The number of amides is 1. The van der Waals surface area contributed by atoms with Crippen molar-refractivity contribution in [2.75, 3.05) is 58.4 Å². The molecule has 1 atom stereocenters. The zero-order chi connectivity index (χ0) is 20.9. The number of nitrogens with zero attached hydrogens (tertiary/aromatic N) is 3. The van der Waals surface area contributed by atoms with E-state index in [1.165, 1.54) is 5.69 Å². The number of rotatable bonds is 6. The Morgan fingerprint density at radius 1 is 0.967 bits per heavy atom. The second-order valence-corrected chi connectivity index (χ2v) is 7.94. The fourth-order valence-electron chi connectivity index (χ4n) is 4.59. The number of benzene rings is 2. The molecule has 0 bridgehead atoms. The van der Waals surface area contributed by atoms with Crippen molar-refractivity contribution >= 4 is 11.6 Å². The number of methoxy groups -OCH3 is 2. The van der Waals surface area contributed by atoms with Crippen LogP contribution < -0.4 is 14.4 Å². The summed E-state index contributed by atoms with van der Waals surface area (Å²) in [6.07, 6.45) is 2.13. The minimum atomic E-state index is 0.209. The van der Waals surface area contributed by atoms with E-state index in [1.54, 1.807) is 14.2 Å². The molecule has 2 heterocycles. The molecule has 6 nitrogen and oxygen atoms in total. The molecule has 2 aromatic rings. The summed E-state index contributed by atoms with van der Waals surface area (Å²) in [5, 5.41) is 0. The maximum Gasteiger partial charge on any atom is 0.236 e. The van der Waals surface area contributed by atoms with Crippen LogP contribution in [0.25, 0.3) is 0 Å². The predicted octanol–water partition coefficient (Wildman–Crippen LogP) is 3.19. The van der Waals surface area contributed by atoms with Crippen molar-refractivity contribution in [2.45, 2.75) is 18.9 Å². The third-order valence-electron chi connectivity index (χ3n) is 6.26. The molecule has 0 radical (unpaired) electrons. The molecule has 0 aromatic heterocycles. The summed E-state index contributed by atoms with van der Waals surface area (Å²) in [6, 6.07) is 16.6. The van der Waals surface area contributed by atoms with Crippen LogP contribution in [0.2, 0.25) is 0 Å². The van der Waals surface area contributed by atoms with Crippen molar-refractivity contribution < 1.29 is 14.3 Å². The van der Waals surface area contributed by atoms with Crippen LogP contribution in [0.3, 0.4) is 0 Å². The summed E-state index contributed by atoms with van der Waals surface area (Å²) >= 11 is 0. The van der Waals surface area contributed by atoms with E-state index < -0.39 is 0 Å². The monoisotopic (exact) mass is 409 g/mol. The number of carbonyl (C=O) groups is 1. The molecule has 0 unspecified atom stereocenters. The van der Waals surface area contributed by atoms with Gasteiger partial charge in [-0.2, -0.15) is 0 Å². The molecule has 2 aliphatic heterocycles. The second-order valence-electron chi connectivity index (χ2n) is 7.94. The molecular weight excluding hydrogens is 378 g/mol. The molecular formula is C24H31N3O3. The zero-order valence-corrected chi connectivity index (χ0v) is 17.9. The van der Waals surface area contributed by atoms with Gasteiger partial charge in [-0.15, -0.1) is 0 Å². The number of hydrogen-bond acceptors (Lipinski definition) is 5. The molecule has 2 aromatic carbocycles. The van der Waals surface area contributed by atoms with Crippen LogP contribution in [0.1, 0.15) is 24.4 Å². The van der Waals surface area contributed by atoms with Crippen LogP contribution in [0.15, 0.2) is 48.5 Å². The zero-order valence-electron chi connectivity index (χ0n) is 17.9. The summed E-state index contributed by atoms with van der Waals surface area (Å²) in [7, 11) is 3.35. The van der Waals surface area contributed by atoms with Gasteiger partial charge in [0.2, 0.25) is 5.91 Å². The van der Waals surface area contributed by atoms with Gasteiger partial charge in [-0.1, -0.05) is 24.3 Å². The molecule has 2 saturated heterocycles. The van der Waals surface area contributed by atoms with E-state index in [1.807, 2.05) is 23.1 Å². The summed E-state index contributed by atoms with van der Waals surface area (Å²) in [6.45, 7) is 4.72. The van der Waals surface area contributed by atoms with E-state index in [4.69, 9.17) is 9.47 Å². The van der Waals surface area contributed by atoms with Gasteiger partial charge in [0, 0.05) is 49.5 Å². The number of para-hydroxylation sites is 1. The van der Waals surface area contributed by atoms with Gasteiger partial charge in [-0.3, -0.25) is 9.69 Å². The van der Waals surface area contributed by atoms with Gasteiger partial charge in [0.05, 0.1) is 20.8 Å². The largest absolute Gasteiger partial charge is 0.497 e. The first-order valence-corrected chi connectivity index (χ1v) is 10.7. The van der Waals surface area contributed by atoms with E-state index in [2.05, 4.69) is 40.1 Å². The molecule has 0 spiro atoms. The molecule has 0 N–H and O–H groups in total. The first-order valence-electron chi connectivity index (χ1n) is 10.7. The summed E-state index contributed by atoms with van der Waals surface area (Å²) in [5.41, 5.74) is 2.37. The molecule has 30 heavy (non-hydrogen) atoms. The summed E-state index contributed by atoms with van der Waals surface area (Å²) in [4.78, 5) is 19.7. The van der Waals surface area contributed by atoms with Gasteiger partial charge in [0.1, 0.15) is 11.5 Å². The number of carbonyl (C=O) groups excluding carboxylic acids is 1. The van der Waals surface area contributed by atoms with Crippen LogP contribution in [0, 0.1) is 0 Å². The standard InChI is InChI=1S/C24H31N3O3/c1-29-20-10-11-21(23(17-20)30-2)22-9-6-12-27(22)18-24(28)26-15-13-25(14-16-26)19-7-4-3-5-8-19/h3-5,7-8,10-11,17,22H,6,9,12-16,18H2,1-2H3/t22-/m1/s1. The topological polar surface area (TPSA) is 45.2 Å². The van der Waals surface area contributed by atoms with Gasteiger partial charge in [-0.05, 0) is 37.6 Å². The lowest BCUT2D eigenvalue weighted by Gasteiger charge is -2.37. The number of ether oxygens (including phenoxy) is 2. The Bertz CT molecular complexity index is 850. The van der Waals surface area contributed by atoms with Crippen LogP contribution in [-0.4, -0.2) is 69.2 Å². The first kappa shape index (κ1) is 20.5. The fourth-order valence-corrected chi connectivity index (χ4v) is 4.59. The Morgan fingerprint density at radius 3 is 2.43 bits per heavy atom. The van der Waals surface area contributed by atoms with E-state index in [0.717, 1.165) is 62.6 Å². The summed E-state index contributed by atoms with van der Waals surface area (Å²) in [5.74, 6) is 1.84. The van der Waals surface area contributed by atoms with Crippen LogP contribution in [0.5, 0.6) is 11.5 Å². The minimum Gasteiger partial charge on any atom is -0.497 e. The normalized spacial score (nSPS) is 19.7. The van der Waals surface area contributed by atoms with E-state index in [-0.39, 0.29) is 11.9 Å². The van der Waals surface area contributed by atoms with Crippen molar-refractivity contribution in [1.29, 1.82) is 0 Å². The Morgan fingerprint density at radius 2 is 1.73 bits per heavy atom. The molecule has 2 fully saturated rings. The van der Waals surface area contributed by atoms with Crippen LogP contribution in [0.4, 0.5) is 5.69 Å². The number of anilines is 1. The third kappa shape index (κ3) is 4.38. The third-order valence-corrected chi connectivity index (χ3v) is 6.26. The number of likely N-dealkylation sites (tertiary alicyclic amines) is 1. The van der Waals surface area contributed by atoms with Gasteiger partial charge < -0.3 is 19.3 Å². The van der Waals surface area contributed by atoms with Crippen molar-refractivity contribution in [1.82, 2.24) is 9.80 Å². The molecule has 6 heteroatoms. The molecule has 160 valence electrons. The predicted molar refractivity (Wildman–Crippen MR) is 118 cm³/mol. The molecule has 0 saturated carbocycles. The van der Waals surface area contributed by atoms with Crippen molar-refractivity contribution in [3.63, 3.8) is 0 Å². The molecule has 1 amide bonds. The molecule has 4 rings (SSSR count). The highest BCUT2D eigenvalue weighted by Gasteiger charge is 2.31. The lowest BCUT2D eigenvalue weighted by molar-refractivity contribution is -0.133. The average molecular weight is 410 g/mol. The number of hydrogen-bond donors (Lipinski definition) is 0. The maximum absolute atomic E-state index is 13.0. The minimum absolute atomic E-state index is 0.209. The Hall–Kier alpha value is -2.73. The molecule has 2 aliphatic rings. The Kier molecular flexibility index (Phi) is 6.43. The van der Waals surface area contributed by atoms with Crippen molar-refractivity contribution in [3.8, 4) is 11.5 Å². The Balaban J connectivity index is 1.37. The van der Waals surface area contributed by atoms with E-state index in [0.29, 0.717) is 6.54 Å². The van der Waals surface area contributed by atoms with Crippen LogP contribution in [-0.2, 0) is 4.79 Å². The van der Waals surface area contributed by atoms with Gasteiger partial charge in [0.15, 0.2) is 0 Å². The molecule has 0 aliphatic carbocycles. The Labute approximate surface area is 179 Å². The van der Waals surface area contributed by atoms with Crippen molar-refractivity contribution in [2.24, 2.45) is 0 Å². The smallest absolute Gasteiger partial charge is 0.236 e. The van der Waals surface area contributed by atoms with Gasteiger partial charge >= 0.3 is 0 Å². The highest BCUT2D eigenvalue weighted by Crippen LogP contribution is 2.38. The maximum atomic E-state index is 13.0. The fraction of sp³-hybridized carbons (Fsp3) is 0.458. The SMILES string of the molecule is COc1ccc([C@H]2CCCN2CC(=O)N2CCN(c3ccccc3)CC2)c(OC)c1. The quantitative estimate of drug-likeness (QED) is 0.733. The van der Waals surface area contributed by atoms with Gasteiger partial charge in [0.25, 0.3) is 0 Å².